The van der Waals surface area contributed by atoms with E-state index in [1.54, 1.807) is 0 Å². The zero-order valence-electron chi connectivity index (χ0n) is 15.2. The number of benzene rings is 2. The highest BCUT2D eigenvalue weighted by atomic mass is 35.5. The van der Waals surface area contributed by atoms with Gasteiger partial charge in [0.1, 0.15) is 5.84 Å². The van der Waals surface area contributed by atoms with E-state index in [1.807, 2.05) is 12.1 Å². The predicted octanol–water partition coefficient (Wildman–Crippen LogP) is 5.89. The van der Waals surface area contributed by atoms with Crippen LogP contribution in [0.15, 0.2) is 71.2 Å². The van der Waals surface area contributed by atoms with E-state index in [-0.39, 0.29) is 6.04 Å². The molecule has 2 atom stereocenters. The van der Waals surface area contributed by atoms with Gasteiger partial charge in [0, 0.05) is 17.1 Å². The molecule has 0 aromatic heterocycles. The highest BCUT2D eigenvalue weighted by molar-refractivity contribution is 6.30. The molecular formula is C23H25ClN2. The van der Waals surface area contributed by atoms with Crippen LogP contribution in [-0.4, -0.2) is 23.8 Å². The van der Waals surface area contributed by atoms with Gasteiger partial charge in [-0.05, 0) is 60.6 Å². The molecule has 26 heavy (non-hydrogen) atoms. The van der Waals surface area contributed by atoms with Crippen LogP contribution in [0.5, 0.6) is 0 Å². The summed E-state index contributed by atoms with van der Waals surface area (Å²) in [5.74, 6) is 1.88. The van der Waals surface area contributed by atoms with Gasteiger partial charge in [-0.15, -0.1) is 0 Å². The van der Waals surface area contributed by atoms with Crippen LogP contribution < -0.4 is 0 Å². The van der Waals surface area contributed by atoms with Gasteiger partial charge in [-0.1, -0.05) is 54.9 Å². The second kappa shape index (κ2) is 7.67. The van der Waals surface area contributed by atoms with Crippen LogP contribution >= 0.6 is 11.6 Å². The van der Waals surface area contributed by atoms with E-state index >= 15 is 0 Å². The zero-order valence-corrected chi connectivity index (χ0v) is 16.0. The summed E-state index contributed by atoms with van der Waals surface area (Å²) in [6, 6.07) is 19.2. The van der Waals surface area contributed by atoms with Gasteiger partial charge in [0.2, 0.25) is 0 Å². The fourth-order valence-corrected chi connectivity index (χ4v) is 4.16. The van der Waals surface area contributed by atoms with E-state index in [9.17, 15) is 0 Å². The minimum absolute atomic E-state index is 0.278. The van der Waals surface area contributed by atoms with Gasteiger partial charge in [0.05, 0.1) is 12.6 Å². The third-order valence-corrected chi connectivity index (χ3v) is 5.72. The molecule has 0 saturated carbocycles. The molecule has 0 saturated heterocycles. The largest absolute Gasteiger partial charge is 0.344 e. The molecular weight excluding hydrogens is 340 g/mol. The predicted molar refractivity (Wildman–Crippen MR) is 110 cm³/mol. The summed E-state index contributed by atoms with van der Waals surface area (Å²) in [5.41, 5.74) is 4.05. The maximum atomic E-state index is 6.09. The van der Waals surface area contributed by atoms with Crippen molar-refractivity contribution in [1.29, 1.82) is 0 Å². The number of rotatable bonds is 4. The lowest BCUT2D eigenvalue weighted by Gasteiger charge is -2.35. The first-order valence-corrected chi connectivity index (χ1v) is 9.91. The molecule has 2 unspecified atom stereocenters. The Balaban J connectivity index is 1.71. The Morgan fingerprint density at radius 3 is 2.54 bits per heavy atom. The average molecular weight is 365 g/mol. The molecule has 0 bridgehead atoms. The van der Waals surface area contributed by atoms with Gasteiger partial charge < -0.3 is 4.90 Å². The smallest absolute Gasteiger partial charge is 0.131 e. The molecule has 1 heterocycles. The van der Waals surface area contributed by atoms with E-state index in [4.69, 9.17) is 16.6 Å². The van der Waals surface area contributed by atoms with E-state index in [0.717, 1.165) is 35.4 Å². The van der Waals surface area contributed by atoms with Crippen molar-refractivity contribution in [3.63, 3.8) is 0 Å². The molecule has 0 N–H and O–H groups in total. The van der Waals surface area contributed by atoms with Crippen LogP contribution in [0.4, 0.5) is 0 Å². The highest BCUT2D eigenvalue weighted by Gasteiger charge is 2.31. The molecule has 1 aliphatic heterocycles. The van der Waals surface area contributed by atoms with Crippen molar-refractivity contribution in [1.82, 2.24) is 4.90 Å². The van der Waals surface area contributed by atoms with Crippen LogP contribution in [0.1, 0.15) is 43.4 Å². The lowest BCUT2D eigenvalue weighted by atomic mass is 9.84. The van der Waals surface area contributed by atoms with Crippen LogP contribution in [0, 0.1) is 5.92 Å². The standard InChI is InChI=1S/C23H25ClN2/c1-17-7-9-19(10-8-17)22(18-5-3-2-4-6-18)26-16-15-25-23(26)20-11-13-21(24)14-12-20/h2-6,9,11-14,17,22H,7-8,10,15-16H2,1H3. The van der Waals surface area contributed by atoms with Crippen molar-refractivity contribution in [2.24, 2.45) is 10.9 Å². The summed E-state index contributed by atoms with van der Waals surface area (Å²) in [6.45, 7) is 4.16. The van der Waals surface area contributed by atoms with Gasteiger partial charge in [0.25, 0.3) is 0 Å². The number of amidine groups is 1. The Kier molecular flexibility index (Phi) is 5.12. The summed E-state index contributed by atoms with van der Waals surface area (Å²) >= 11 is 6.09. The minimum Gasteiger partial charge on any atom is -0.344 e. The molecule has 0 radical (unpaired) electrons. The Bertz CT molecular complexity index is 808. The normalized spacial score (nSPS) is 21.3. The molecule has 0 amide bonds. The van der Waals surface area contributed by atoms with E-state index in [0.29, 0.717) is 0 Å². The van der Waals surface area contributed by atoms with E-state index < -0.39 is 0 Å². The number of allylic oxidation sites excluding steroid dienone is 1. The molecule has 0 spiro atoms. The molecule has 134 valence electrons. The molecule has 2 aromatic carbocycles. The Morgan fingerprint density at radius 1 is 1.08 bits per heavy atom. The van der Waals surface area contributed by atoms with Crippen LogP contribution in [-0.2, 0) is 0 Å². The Hall–Kier alpha value is -2.06. The van der Waals surface area contributed by atoms with E-state index in [1.165, 1.54) is 30.4 Å². The number of halogens is 1. The van der Waals surface area contributed by atoms with Crippen LogP contribution in [0.3, 0.4) is 0 Å². The molecule has 0 fully saturated rings. The van der Waals surface area contributed by atoms with Gasteiger partial charge in [-0.3, -0.25) is 4.99 Å². The van der Waals surface area contributed by atoms with Gasteiger partial charge in [-0.2, -0.15) is 0 Å². The fraction of sp³-hybridized carbons (Fsp3) is 0.348. The van der Waals surface area contributed by atoms with Gasteiger partial charge in [0.15, 0.2) is 0 Å². The monoisotopic (exact) mass is 364 g/mol. The first-order valence-electron chi connectivity index (χ1n) is 9.53. The lowest BCUT2D eigenvalue weighted by Crippen LogP contribution is -2.34. The summed E-state index contributed by atoms with van der Waals surface area (Å²) in [4.78, 5) is 7.33. The van der Waals surface area contributed by atoms with Crippen molar-refractivity contribution in [3.05, 3.63) is 82.4 Å². The third-order valence-electron chi connectivity index (χ3n) is 5.46. The lowest BCUT2D eigenvalue weighted by molar-refractivity contribution is 0.360. The Labute approximate surface area is 161 Å². The molecule has 4 rings (SSSR count). The van der Waals surface area contributed by atoms with Crippen LogP contribution in [0.25, 0.3) is 0 Å². The summed E-state index contributed by atoms with van der Waals surface area (Å²) in [7, 11) is 0. The van der Waals surface area contributed by atoms with Crippen LogP contribution in [0.2, 0.25) is 5.02 Å². The molecule has 2 aromatic rings. The second-order valence-corrected chi connectivity index (χ2v) is 7.81. The third kappa shape index (κ3) is 3.57. The van der Waals surface area contributed by atoms with E-state index in [2.05, 4.69) is 60.4 Å². The Morgan fingerprint density at radius 2 is 1.85 bits per heavy atom. The number of hydrogen-bond acceptors (Lipinski definition) is 2. The molecule has 1 aliphatic carbocycles. The SMILES string of the molecule is CC1CC=C(C(c2ccccc2)N2CCN=C2c2ccc(Cl)cc2)CC1. The molecule has 3 heteroatoms. The van der Waals surface area contributed by atoms with Crippen molar-refractivity contribution < 1.29 is 0 Å². The minimum atomic E-state index is 0.278. The van der Waals surface area contributed by atoms with Crippen molar-refractivity contribution in [3.8, 4) is 0 Å². The van der Waals surface area contributed by atoms with Crippen molar-refractivity contribution >= 4 is 17.4 Å². The maximum Gasteiger partial charge on any atom is 0.131 e. The fourth-order valence-electron chi connectivity index (χ4n) is 4.03. The first-order chi connectivity index (χ1) is 12.7. The zero-order chi connectivity index (χ0) is 17.9. The maximum absolute atomic E-state index is 6.09. The highest BCUT2D eigenvalue weighted by Crippen LogP contribution is 2.38. The summed E-state index contributed by atoms with van der Waals surface area (Å²) in [5, 5.41) is 0.766. The number of aliphatic imine (C=N–C) groups is 1. The molecule has 2 nitrogen and oxygen atoms in total. The van der Waals surface area contributed by atoms with Gasteiger partial charge >= 0.3 is 0 Å². The van der Waals surface area contributed by atoms with Gasteiger partial charge in [-0.25, -0.2) is 0 Å². The number of nitrogens with zero attached hydrogens (tertiary/aromatic N) is 2. The topological polar surface area (TPSA) is 15.6 Å². The number of hydrogen-bond donors (Lipinski definition) is 0. The summed E-state index contributed by atoms with van der Waals surface area (Å²) in [6.07, 6.45) is 6.10. The second-order valence-electron chi connectivity index (χ2n) is 7.38. The van der Waals surface area contributed by atoms with Crippen molar-refractivity contribution in [2.75, 3.05) is 13.1 Å². The summed E-state index contributed by atoms with van der Waals surface area (Å²) < 4.78 is 0. The first kappa shape index (κ1) is 17.4. The average Bonchev–Trinajstić information content (AvgIpc) is 3.14. The quantitative estimate of drug-likeness (QED) is 0.617. The van der Waals surface area contributed by atoms with Crippen molar-refractivity contribution in [2.45, 2.75) is 32.2 Å². The molecule has 2 aliphatic rings.